The van der Waals surface area contributed by atoms with Crippen LogP contribution in [0.25, 0.3) is 0 Å². The van der Waals surface area contributed by atoms with Gasteiger partial charge >= 0.3 is 5.97 Å². The van der Waals surface area contributed by atoms with Crippen molar-refractivity contribution in [3.8, 4) is 0 Å². The number of non-ortho nitro benzene ring substituents is 1. The second-order valence-electron chi connectivity index (χ2n) is 5.16. The van der Waals surface area contributed by atoms with Crippen LogP contribution in [0.4, 0.5) is 5.69 Å². The summed E-state index contributed by atoms with van der Waals surface area (Å²) in [5.41, 5.74) is 1.15. The van der Waals surface area contributed by atoms with Crippen LogP contribution in [0.15, 0.2) is 35.7 Å². The summed E-state index contributed by atoms with van der Waals surface area (Å²) in [5.74, 6) is -1.02. The second-order valence-corrected chi connectivity index (χ2v) is 6.16. The Labute approximate surface area is 142 Å². The molecule has 0 fully saturated rings. The van der Waals surface area contributed by atoms with Gasteiger partial charge in [-0.05, 0) is 36.1 Å². The average Bonchev–Trinajstić information content (AvgIpc) is 2.97. The number of amides is 1. The molecule has 8 heteroatoms. The Morgan fingerprint density at radius 1 is 1.25 bits per heavy atom. The number of aryl methyl sites for hydroxylation is 1. The van der Waals surface area contributed by atoms with Crippen molar-refractivity contribution in [2.75, 3.05) is 13.7 Å². The van der Waals surface area contributed by atoms with Gasteiger partial charge in [0.15, 0.2) is 6.61 Å². The van der Waals surface area contributed by atoms with Gasteiger partial charge in [0.25, 0.3) is 11.6 Å². The molecule has 0 saturated carbocycles. The van der Waals surface area contributed by atoms with Gasteiger partial charge in [0, 0.05) is 24.1 Å². The van der Waals surface area contributed by atoms with E-state index >= 15 is 0 Å². The van der Waals surface area contributed by atoms with Crippen LogP contribution >= 0.6 is 11.3 Å². The molecule has 24 heavy (non-hydrogen) atoms. The minimum Gasteiger partial charge on any atom is -0.452 e. The number of carbonyl (C=O) groups excluding carboxylic acids is 2. The van der Waals surface area contributed by atoms with Gasteiger partial charge in [0.05, 0.1) is 17.0 Å². The van der Waals surface area contributed by atoms with Crippen molar-refractivity contribution in [2.45, 2.75) is 13.5 Å². The number of thiophene rings is 1. The van der Waals surface area contributed by atoms with E-state index in [1.165, 1.54) is 29.2 Å². The van der Waals surface area contributed by atoms with E-state index in [2.05, 4.69) is 0 Å². The summed E-state index contributed by atoms with van der Waals surface area (Å²) in [4.78, 5) is 36.5. The third kappa shape index (κ3) is 4.39. The highest BCUT2D eigenvalue weighted by molar-refractivity contribution is 7.10. The Bertz CT molecular complexity index is 754. The highest BCUT2D eigenvalue weighted by Gasteiger charge is 2.15. The van der Waals surface area contributed by atoms with E-state index in [0.29, 0.717) is 6.54 Å². The summed E-state index contributed by atoms with van der Waals surface area (Å²) in [5, 5.41) is 12.5. The molecule has 0 atom stereocenters. The Hall–Kier alpha value is -2.74. The monoisotopic (exact) mass is 348 g/mol. The number of likely N-dealkylation sites (N-methyl/N-ethyl adjacent to an activating group) is 1. The lowest BCUT2D eigenvalue weighted by atomic mass is 10.2. The Morgan fingerprint density at radius 2 is 1.92 bits per heavy atom. The van der Waals surface area contributed by atoms with E-state index < -0.39 is 10.9 Å². The van der Waals surface area contributed by atoms with Crippen molar-refractivity contribution in [1.29, 1.82) is 0 Å². The molecule has 1 aromatic carbocycles. The average molecular weight is 348 g/mol. The summed E-state index contributed by atoms with van der Waals surface area (Å²) in [6.45, 7) is 2.05. The van der Waals surface area contributed by atoms with Crippen LogP contribution in [0.3, 0.4) is 0 Å². The highest BCUT2D eigenvalue weighted by atomic mass is 32.1. The van der Waals surface area contributed by atoms with Gasteiger partial charge in [-0.25, -0.2) is 4.79 Å². The summed E-state index contributed by atoms with van der Waals surface area (Å²) in [6, 6.07) is 6.99. The van der Waals surface area contributed by atoms with Gasteiger partial charge < -0.3 is 9.64 Å². The third-order valence-electron chi connectivity index (χ3n) is 3.42. The number of carbonyl (C=O) groups is 2. The van der Waals surface area contributed by atoms with E-state index in [-0.39, 0.29) is 23.8 Å². The molecule has 0 aliphatic rings. The zero-order valence-electron chi connectivity index (χ0n) is 13.2. The molecule has 0 saturated heterocycles. The Kier molecular flexibility index (Phi) is 5.64. The molecule has 126 valence electrons. The number of hydrogen-bond donors (Lipinski definition) is 0. The van der Waals surface area contributed by atoms with Crippen LogP contribution in [-0.4, -0.2) is 35.4 Å². The predicted octanol–water partition coefficient (Wildman–Crippen LogP) is 2.78. The Morgan fingerprint density at radius 3 is 2.46 bits per heavy atom. The maximum Gasteiger partial charge on any atom is 0.338 e. The number of ether oxygens (including phenoxy) is 1. The zero-order valence-corrected chi connectivity index (χ0v) is 14.0. The minimum atomic E-state index is -0.695. The van der Waals surface area contributed by atoms with Crippen LogP contribution in [0, 0.1) is 17.0 Å². The molecule has 0 spiro atoms. The number of benzene rings is 1. The highest BCUT2D eigenvalue weighted by Crippen LogP contribution is 2.17. The summed E-state index contributed by atoms with van der Waals surface area (Å²) in [7, 11) is 1.64. The molecule has 0 N–H and O–H groups in total. The van der Waals surface area contributed by atoms with Gasteiger partial charge in [0.1, 0.15) is 0 Å². The second kappa shape index (κ2) is 7.69. The van der Waals surface area contributed by atoms with Crippen molar-refractivity contribution in [2.24, 2.45) is 0 Å². The van der Waals surface area contributed by atoms with E-state index in [4.69, 9.17) is 4.74 Å². The lowest BCUT2D eigenvalue weighted by Gasteiger charge is -2.16. The standard InChI is InChI=1S/C16H16N2O5S/c1-11-7-8-24-14(11)9-17(2)15(19)10-23-16(20)12-3-5-13(6-4-12)18(21)22/h3-8H,9-10H2,1-2H3. The van der Waals surface area contributed by atoms with E-state index in [0.717, 1.165) is 10.4 Å². The first-order valence-electron chi connectivity index (χ1n) is 7.07. The number of nitro benzene ring substituents is 1. The van der Waals surface area contributed by atoms with Gasteiger partial charge in [-0.15, -0.1) is 11.3 Å². The lowest BCUT2D eigenvalue weighted by molar-refractivity contribution is -0.384. The Balaban J connectivity index is 1.87. The number of nitrogens with zero attached hydrogens (tertiary/aromatic N) is 2. The molecule has 0 unspecified atom stereocenters. The molecule has 7 nitrogen and oxygen atoms in total. The minimum absolute atomic E-state index is 0.117. The normalized spacial score (nSPS) is 10.2. The number of nitro groups is 1. The van der Waals surface area contributed by atoms with Gasteiger partial charge in [-0.1, -0.05) is 0 Å². The van der Waals surface area contributed by atoms with Crippen molar-refractivity contribution in [3.63, 3.8) is 0 Å². The first-order valence-corrected chi connectivity index (χ1v) is 7.95. The molecule has 1 heterocycles. The fraction of sp³-hybridized carbons (Fsp3) is 0.250. The van der Waals surface area contributed by atoms with Gasteiger partial charge in [-0.3, -0.25) is 14.9 Å². The molecule has 0 aliphatic carbocycles. The van der Waals surface area contributed by atoms with Crippen LogP contribution < -0.4 is 0 Å². The van der Waals surface area contributed by atoms with Gasteiger partial charge in [-0.2, -0.15) is 0 Å². The molecule has 0 radical (unpaired) electrons. The molecule has 1 amide bonds. The van der Waals surface area contributed by atoms with Crippen molar-refractivity contribution >= 4 is 28.9 Å². The topological polar surface area (TPSA) is 89.8 Å². The lowest BCUT2D eigenvalue weighted by Crippen LogP contribution is -2.30. The molecule has 0 aliphatic heterocycles. The molecule has 1 aromatic heterocycles. The first kappa shape index (κ1) is 17.6. The van der Waals surface area contributed by atoms with Gasteiger partial charge in [0.2, 0.25) is 0 Å². The molecule has 2 rings (SSSR count). The third-order valence-corrected chi connectivity index (χ3v) is 4.42. The van der Waals surface area contributed by atoms with Crippen LogP contribution in [-0.2, 0) is 16.1 Å². The predicted molar refractivity (Wildman–Crippen MR) is 88.9 cm³/mol. The van der Waals surface area contributed by atoms with E-state index in [1.807, 2.05) is 18.4 Å². The maximum atomic E-state index is 12.0. The van der Waals surface area contributed by atoms with E-state index in [1.54, 1.807) is 18.4 Å². The molecule has 2 aromatic rings. The number of esters is 1. The quantitative estimate of drug-likeness (QED) is 0.455. The van der Waals surface area contributed by atoms with Crippen LogP contribution in [0.2, 0.25) is 0 Å². The largest absolute Gasteiger partial charge is 0.452 e. The molecule has 0 bridgehead atoms. The summed E-state index contributed by atoms with van der Waals surface area (Å²) in [6.07, 6.45) is 0. The van der Waals surface area contributed by atoms with Crippen molar-refractivity contribution in [1.82, 2.24) is 4.90 Å². The fourth-order valence-corrected chi connectivity index (χ4v) is 2.87. The number of hydrogen-bond acceptors (Lipinski definition) is 6. The first-order chi connectivity index (χ1) is 11.4. The number of rotatable bonds is 6. The summed E-state index contributed by atoms with van der Waals surface area (Å²) >= 11 is 1.56. The zero-order chi connectivity index (χ0) is 17.7. The summed E-state index contributed by atoms with van der Waals surface area (Å²) < 4.78 is 4.96. The smallest absolute Gasteiger partial charge is 0.338 e. The van der Waals surface area contributed by atoms with Crippen molar-refractivity contribution < 1.29 is 19.2 Å². The SMILES string of the molecule is Cc1ccsc1CN(C)C(=O)COC(=O)c1ccc([N+](=O)[O-])cc1. The van der Waals surface area contributed by atoms with Crippen LogP contribution in [0.5, 0.6) is 0 Å². The fourth-order valence-electron chi connectivity index (χ4n) is 1.91. The molecular weight excluding hydrogens is 332 g/mol. The van der Waals surface area contributed by atoms with Crippen molar-refractivity contribution in [3.05, 3.63) is 61.8 Å². The maximum absolute atomic E-state index is 12.0. The van der Waals surface area contributed by atoms with E-state index in [9.17, 15) is 19.7 Å². The molecular formula is C16H16N2O5S. The van der Waals surface area contributed by atoms with Crippen LogP contribution in [0.1, 0.15) is 20.8 Å².